The molecule has 1 N–H and O–H groups in total. The second-order valence-electron chi connectivity index (χ2n) is 4.82. The molecule has 0 amide bonds. The predicted molar refractivity (Wildman–Crippen MR) is 73.1 cm³/mol. The topological polar surface area (TPSA) is 32.7 Å². The molecule has 0 aromatic rings. The molecule has 0 aliphatic heterocycles. The van der Waals surface area contributed by atoms with Gasteiger partial charge in [0.25, 0.3) is 0 Å². The summed E-state index contributed by atoms with van der Waals surface area (Å²) in [6.45, 7) is 5.31. The summed E-state index contributed by atoms with van der Waals surface area (Å²) in [4.78, 5) is 2.25. The van der Waals surface area contributed by atoms with Crippen molar-refractivity contribution in [1.29, 1.82) is 0 Å². The molecule has 0 aromatic heterocycles. The van der Waals surface area contributed by atoms with Gasteiger partial charge in [-0.3, -0.25) is 4.90 Å². The van der Waals surface area contributed by atoms with Crippen molar-refractivity contribution in [1.82, 2.24) is 4.90 Å². The van der Waals surface area contributed by atoms with Crippen LogP contribution in [0.25, 0.3) is 0 Å². The Hall–Kier alpha value is -0.120. The number of unbranched alkanes of at least 4 members (excludes halogenated alkanes) is 6. The first-order valence-corrected chi connectivity index (χ1v) is 7.18. The van der Waals surface area contributed by atoms with Gasteiger partial charge in [0.2, 0.25) is 0 Å². The molecule has 0 unspecified atom stereocenters. The zero-order valence-corrected chi connectivity index (χ0v) is 11.8. The molecule has 3 nitrogen and oxygen atoms in total. The van der Waals surface area contributed by atoms with Gasteiger partial charge in [-0.15, -0.1) is 0 Å². The Kier molecular flexibility index (Phi) is 13.8. The minimum Gasteiger partial charge on any atom is -0.396 e. The Morgan fingerprint density at radius 1 is 0.941 bits per heavy atom. The predicted octanol–water partition coefficient (Wildman–Crippen LogP) is 3.03. The van der Waals surface area contributed by atoms with E-state index in [0.717, 1.165) is 39.1 Å². The van der Waals surface area contributed by atoms with Crippen LogP contribution in [0.5, 0.6) is 0 Å². The van der Waals surface area contributed by atoms with Gasteiger partial charge in [-0.2, -0.15) is 0 Å². The lowest BCUT2D eigenvalue weighted by Gasteiger charge is -2.16. The molecule has 0 heterocycles. The van der Waals surface area contributed by atoms with Crippen LogP contribution in [-0.4, -0.2) is 43.5 Å². The minimum atomic E-state index is 0.321. The maximum Gasteiger partial charge on any atom is 0.0987 e. The third-order valence-corrected chi connectivity index (χ3v) is 2.90. The highest BCUT2D eigenvalue weighted by Crippen LogP contribution is 2.01. The van der Waals surface area contributed by atoms with Gasteiger partial charge < -0.3 is 9.84 Å². The largest absolute Gasteiger partial charge is 0.396 e. The fraction of sp³-hybridized carbons (Fsp3) is 1.00. The standard InChI is InChI=1S/C14H31NO2/c1-3-4-5-8-11-15(2)14-17-13-10-7-6-9-12-16/h16H,3-14H2,1-2H3. The Morgan fingerprint density at radius 3 is 2.35 bits per heavy atom. The van der Waals surface area contributed by atoms with E-state index in [1.54, 1.807) is 0 Å². The Bertz CT molecular complexity index is 142. The lowest BCUT2D eigenvalue weighted by molar-refractivity contribution is 0.0399. The van der Waals surface area contributed by atoms with Crippen LogP contribution in [0.1, 0.15) is 58.3 Å². The highest BCUT2D eigenvalue weighted by molar-refractivity contribution is 4.48. The van der Waals surface area contributed by atoms with Gasteiger partial charge in [-0.25, -0.2) is 0 Å². The molecule has 0 aliphatic carbocycles. The Balaban J connectivity index is 3.08. The van der Waals surface area contributed by atoms with Crippen molar-refractivity contribution >= 4 is 0 Å². The third-order valence-electron chi connectivity index (χ3n) is 2.90. The zero-order chi connectivity index (χ0) is 12.8. The second kappa shape index (κ2) is 13.9. The summed E-state index contributed by atoms with van der Waals surface area (Å²) in [5, 5.41) is 8.62. The summed E-state index contributed by atoms with van der Waals surface area (Å²) < 4.78 is 5.60. The van der Waals surface area contributed by atoms with E-state index >= 15 is 0 Å². The van der Waals surface area contributed by atoms with Crippen molar-refractivity contribution in [3.63, 3.8) is 0 Å². The van der Waals surface area contributed by atoms with E-state index in [2.05, 4.69) is 18.9 Å². The molecule has 0 rings (SSSR count). The molecule has 0 radical (unpaired) electrons. The number of rotatable bonds is 13. The normalized spacial score (nSPS) is 11.3. The van der Waals surface area contributed by atoms with Crippen molar-refractivity contribution in [2.24, 2.45) is 0 Å². The average Bonchev–Trinajstić information content (AvgIpc) is 2.33. The van der Waals surface area contributed by atoms with Gasteiger partial charge in [0, 0.05) is 13.2 Å². The number of aliphatic hydroxyl groups excluding tert-OH is 1. The molecule has 17 heavy (non-hydrogen) atoms. The lowest BCUT2D eigenvalue weighted by atomic mass is 10.2. The first-order chi connectivity index (χ1) is 8.31. The molecule has 0 bridgehead atoms. The number of ether oxygens (including phenoxy) is 1. The zero-order valence-electron chi connectivity index (χ0n) is 11.8. The summed E-state index contributed by atoms with van der Waals surface area (Å²) in [5.41, 5.74) is 0. The molecule has 0 saturated heterocycles. The van der Waals surface area contributed by atoms with E-state index in [4.69, 9.17) is 9.84 Å². The van der Waals surface area contributed by atoms with Crippen LogP contribution in [0.2, 0.25) is 0 Å². The van der Waals surface area contributed by atoms with Gasteiger partial charge in [-0.05, 0) is 32.9 Å². The van der Waals surface area contributed by atoms with Gasteiger partial charge in [0.1, 0.15) is 0 Å². The molecule has 0 atom stereocenters. The van der Waals surface area contributed by atoms with Gasteiger partial charge in [-0.1, -0.05) is 39.0 Å². The van der Waals surface area contributed by atoms with Gasteiger partial charge >= 0.3 is 0 Å². The SMILES string of the molecule is CCCCCCN(C)COCCCCCCO. The molecular weight excluding hydrogens is 214 g/mol. The molecule has 104 valence electrons. The third kappa shape index (κ3) is 13.8. The molecule has 0 spiro atoms. The van der Waals surface area contributed by atoms with E-state index in [0.29, 0.717) is 6.61 Å². The molecule has 3 heteroatoms. The number of hydrogen-bond acceptors (Lipinski definition) is 3. The Labute approximate surface area is 107 Å². The van der Waals surface area contributed by atoms with Crippen molar-refractivity contribution in [3.8, 4) is 0 Å². The number of hydrogen-bond donors (Lipinski definition) is 1. The number of aliphatic hydroxyl groups is 1. The van der Waals surface area contributed by atoms with Crippen LogP contribution in [-0.2, 0) is 4.74 Å². The van der Waals surface area contributed by atoms with Crippen LogP contribution in [0.15, 0.2) is 0 Å². The quantitative estimate of drug-likeness (QED) is 0.400. The second-order valence-corrected chi connectivity index (χ2v) is 4.82. The van der Waals surface area contributed by atoms with E-state index in [9.17, 15) is 0 Å². The minimum absolute atomic E-state index is 0.321. The van der Waals surface area contributed by atoms with E-state index in [1.807, 2.05) is 0 Å². The molecule has 0 fully saturated rings. The maximum absolute atomic E-state index is 8.62. The maximum atomic E-state index is 8.62. The molecule has 0 aromatic carbocycles. The van der Waals surface area contributed by atoms with Crippen LogP contribution in [0, 0.1) is 0 Å². The van der Waals surface area contributed by atoms with Crippen molar-refractivity contribution in [2.75, 3.05) is 33.5 Å². The highest BCUT2D eigenvalue weighted by Gasteiger charge is 1.97. The van der Waals surface area contributed by atoms with E-state index in [1.165, 1.54) is 32.1 Å². The lowest BCUT2D eigenvalue weighted by Crippen LogP contribution is -2.23. The highest BCUT2D eigenvalue weighted by atomic mass is 16.5. The van der Waals surface area contributed by atoms with Crippen LogP contribution in [0.3, 0.4) is 0 Å². The fourth-order valence-corrected chi connectivity index (χ4v) is 1.76. The van der Waals surface area contributed by atoms with E-state index < -0.39 is 0 Å². The van der Waals surface area contributed by atoms with Crippen LogP contribution >= 0.6 is 0 Å². The number of nitrogens with zero attached hydrogens (tertiary/aromatic N) is 1. The van der Waals surface area contributed by atoms with Crippen LogP contribution in [0.4, 0.5) is 0 Å². The first-order valence-electron chi connectivity index (χ1n) is 7.18. The summed E-state index contributed by atoms with van der Waals surface area (Å²) in [6.07, 6.45) is 9.59. The van der Waals surface area contributed by atoms with Crippen LogP contribution < -0.4 is 0 Å². The summed E-state index contributed by atoms with van der Waals surface area (Å²) in [6, 6.07) is 0. The monoisotopic (exact) mass is 245 g/mol. The van der Waals surface area contributed by atoms with Gasteiger partial charge in [0.05, 0.1) is 6.73 Å². The van der Waals surface area contributed by atoms with E-state index in [-0.39, 0.29) is 0 Å². The van der Waals surface area contributed by atoms with Crippen molar-refractivity contribution < 1.29 is 9.84 Å². The first kappa shape index (κ1) is 16.9. The van der Waals surface area contributed by atoms with Crippen molar-refractivity contribution in [3.05, 3.63) is 0 Å². The van der Waals surface area contributed by atoms with Crippen molar-refractivity contribution in [2.45, 2.75) is 58.3 Å². The fourth-order valence-electron chi connectivity index (χ4n) is 1.76. The molecule has 0 saturated carbocycles. The molecule has 0 aliphatic rings. The summed E-state index contributed by atoms with van der Waals surface area (Å²) >= 11 is 0. The smallest absolute Gasteiger partial charge is 0.0987 e. The summed E-state index contributed by atoms with van der Waals surface area (Å²) in [7, 11) is 2.12. The van der Waals surface area contributed by atoms with Gasteiger partial charge in [0.15, 0.2) is 0 Å². The Morgan fingerprint density at radius 2 is 1.65 bits per heavy atom. The average molecular weight is 245 g/mol. The molecular formula is C14H31NO2. The summed E-state index contributed by atoms with van der Waals surface area (Å²) in [5.74, 6) is 0.